The van der Waals surface area contributed by atoms with E-state index in [1.54, 1.807) is 7.11 Å². The Labute approximate surface area is 161 Å². The topological polar surface area (TPSA) is 50.4 Å². The molecule has 26 heavy (non-hydrogen) atoms. The highest BCUT2D eigenvalue weighted by molar-refractivity contribution is 5.86. The Kier molecular flexibility index (Phi) is 6.05. The Morgan fingerprint density at radius 3 is 2.73 bits per heavy atom. The third-order valence-electron chi connectivity index (χ3n) is 5.76. The summed E-state index contributed by atoms with van der Waals surface area (Å²) in [6.45, 7) is 0.578. The second-order valence-electron chi connectivity index (χ2n) is 7.37. The largest absolute Gasteiger partial charge is 0.497 e. The maximum atomic E-state index is 12.5. The summed E-state index contributed by atoms with van der Waals surface area (Å²) in [5.74, 6) is 1.70. The zero-order chi connectivity index (χ0) is 17.2. The molecular formula is C21H27ClN2O2. The average Bonchev–Trinajstić information content (AvgIpc) is 3.10. The minimum Gasteiger partial charge on any atom is -0.497 e. The SMILES string of the molecule is COc1ccc2cc(CNC(=O)C3CC4CCCCC4N3)ccc2c1.Cl. The molecular weight excluding hydrogens is 348 g/mol. The molecule has 2 aromatic carbocycles. The zero-order valence-electron chi connectivity index (χ0n) is 15.2. The molecule has 0 aromatic heterocycles. The summed E-state index contributed by atoms with van der Waals surface area (Å²) in [4.78, 5) is 12.5. The first-order valence-corrected chi connectivity index (χ1v) is 9.33. The highest BCUT2D eigenvalue weighted by Crippen LogP contribution is 2.33. The van der Waals surface area contributed by atoms with Gasteiger partial charge in [-0.25, -0.2) is 0 Å². The molecule has 0 radical (unpaired) electrons. The predicted octanol–water partition coefficient (Wildman–Crippen LogP) is 3.81. The Morgan fingerprint density at radius 1 is 1.15 bits per heavy atom. The number of rotatable bonds is 4. The second kappa shape index (κ2) is 8.28. The summed E-state index contributed by atoms with van der Waals surface area (Å²) in [6.07, 6.45) is 6.11. The predicted molar refractivity (Wildman–Crippen MR) is 107 cm³/mol. The Hall–Kier alpha value is -1.78. The van der Waals surface area contributed by atoms with Crippen LogP contribution in [0.1, 0.15) is 37.7 Å². The standard InChI is InChI=1S/C21H26N2O2.ClH/c1-25-18-9-8-15-10-14(6-7-16(15)11-18)13-22-21(24)20-12-17-4-2-3-5-19(17)23-20;/h6-11,17,19-20,23H,2-5,12-13H2,1H3,(H,22,24);1H. The molecule has 0 spiro atoms. The monoisotopic (exact) mass is 374 g/mol. The quantitative estimate of drug-likeness (QED) is 0.855. The number of carbonyl (C=O) groups is 1. The molecule has 1 heterocycles. The summed E-state index contributed by atoms with van der Waals surface area (Å²) in [5.41, 5.74) is 1.13. The highest BCUT2D eigenvalue weighted by Gasteiger charge is 2.37. The number of amides is 1. The van der Waals surface area contributed by atoms with Crippen LogP contribution in [-0.4, -0.2) is 25.1 Å². The molecule has 1 amide bonds. The fourth-order valence-electron chi connectivity index (χ4n) is 4.34. The minimum absolute atomic E-state index is 0. The minimum atomic E-state index is -0.0159. The normalized spacial score (nSPS) is 24.6. The molecule has 3 atom stereocenters. The number of methoxy groups -OCH3 is 1. The second-order valence-corrected chi connectivity index (χ2v) is 7.37. The first kappa shape index (κ1) is 19.0. The maximum absolute atomic E-state index is 12.5. The zero-order valence-corrected chi connectivity index (χ0v) is 16.0. The molecule has 1 saturated heterocycles. The van der Waals surface area contributed by atoms with Gasteiger partial charge in [0, 0.05) is 12.6 Å². The van der Waals surface area contributed by atoms with Crippen molar-refractivity contribution >= 4 is 29.1 Å². The van der Waals surface area contributed by atoms with Gasteiger partial charge >= 0.3 is 0 Å². The number of ether oxygens (including phenoxy) is 1. The van der Waals surface area contributed by atoms with Crippen molar-refractivity contribution in [1.82, 2.24) is 10.6 Å². The average molecular weight is 375 g/mol. The van der Waals surface area contributed by atoms with Crippen LogP contribution in [0, 0.1) is 5.92 Å². The van der Waals surface area contributed by atoms with Crippen LogP contribution in [0.2, 0.25) is 0 Å². The van der Waals surface area contributed by atoms with Crippen LogP contribution >= 0.6 is 12.4 Å². The number of benzene rings is 2. The van der Waals surface area contributed by atoms with Gasteiger partial charge in [0.05, 0.1) is 13.2 Å². The van der Waals surface area contributed by atoms with Crippen LogP contribution < -0.4 is 15.4 Å². The van der Waals surface area contributed by atoms with Gasteiger partial charge in [0.1, 0.15) is 5.75 Å². The van der Waals surface area contributed by atoms with Crippen LogP contribution in [-0.2, 0) is 11.3 Å². The van der Waals surface area contributed by atoms with E-state index in [2.05, 4.69) is 34.9 Å². The van der Waals surface area contributed by atoms with Crippen molar-refractivity contribution in [1.29, 1.82) is 0 Å². The summed E-state index contributed by atoms with van der Waals surface area (Å²) < 4.78 is 5.26. The molecule has 1 aliphatic heterocycles. The number of fused-ring (bicyclic) bond motifs is 2. The van der Waals surface area contributed by atoms with E-state index in [0.717, 1.165) is 28.5 Å². The molecule has 4 rings (SSSR count). The molecule has 2 aliphatic rings. The lowest BCUT2D eigenvalue weighted by Gasteiger charge is -2.24. The van der Waals surface area contributed by atoms with Gasteiger partial charge in [-0.05, 0) is 59.7 Å². The molecule has 3 unspecified atom stereocenters. The third-order valence-corrected chi connectivity index (χ3v) is 5.76. The lowest BCUT2D eigenvalue weighted by molar-refractivity contribution is -0.123. The van der Waals surface area contributed by atoms with E-state index >= 15 is 0 Å². The van der Waals surface area contributed by atoms with E-state index in [0.29, 0.717) is 18.5 Å². The fraction of sp³-hybridized carbons (Fsp3) is 0.476. The van der Waals surface area contributed by atoms with Gasteiger partial charge in [0.15, 0.2) is 0 Å². The smallest absolute Gasteiger partial charge is 0.237 e. The molecule has 140 valence electrons. The molecule has 1 aliphatic carbocycles. The van der Waals surface area contributed by atoms with Gasteiger partial charge in [-0.1, -0.05) is 31.0 Å². The van der Waals surface area contributed by atoms with Crippen molar-refractivity contribution in [3.8, 4) is 5.75 Å². The van der Waals surface area contributed by atoms with E-state index < -0.39 is 0 Å². The van der Waals surface area contributed by atoms with E-state index in [1.807, 2.05) is 12.1 Å². The maximum Gasteiger partial charge on any atom is 0.237 e. The van der Waals surface area contributed by atoms with Crippen molar-refractivity contribution in [2.45, 2.75) is 50.7 Å². The molecule has 0 bridgehead atoms. The summed E-state index contributed by atoms with van der Waals surface area (Å²) in [5, 5.41) is 8.97. The third kappa shape index (κ3) is 3.97. The number of nitrogens with one attached hydrogen (secondary N) is 2. The van der Waals surface area contributed by atoms with Gasteiger partial charge < -0.3 is 15.4 Å². The van der Waals surface area contributed by atoms with Gasteiger partial charge in [-0.2, -0.15) is 0 Å². The summed E-state index contributed by atoms with van der Waals surface area (Å²) >= 11 is 0. The van der Waals surface area contributed by atoms with Gasteiger partial charge in [-0.15, -0.1) is 12.4 Å². The highest BCUT2D eigenvalue weighted by atomic mass is 35.5. The van der Waals surface area contributed by atoms with Crippen LogP contribution in [0.4, 0.5) is 0 Å². The van der Waals surface area contributed by atoms with Crippen molar-refractivity contribution in [3.05, 3.63) is 42.0 Å². The molecule has 2 aromatic rings. The van der Waals surface area contributed by atoms with Crippen LogP contribution in [0.25, 0.3) is 10.8 Å². The number of hydrogen-bond acceptors (Lipinski definition) is 3. The first-order valence-electron chi connectivity index (χ1n) is 9.33. The van der Waals surface area contributed by atoms with Crippen molar-refractivity contribution < 1.29 is 9.53 Å². The van der Waals surface area contributed by atoms with E-state index in [4.69, 9.17) is 4.74 Å². The van der Waals surface area contributed by atoms with Gasteiger partial charge in [0.25, 0.3) is 0 Å². The molecule has 1 saturated carbocycles. The van der Waals surface area contributed by atoms with Gasteiger partial charge in [-0.3, -0.25) is 4.79 Å². The number of halogens is 1. The van der Waals surface area contributed by atoms with Crippen LogP contribution in [0.5, 0.6) is 5.75 Å². The Bertz CT molecular complexity index is 766. The summed E-state index contributed by atoms with van der Waals surface area (Å²) in [7, 11) is 1.68. The molecule has 2 fully saturated rings. The van der Waals surface area contributed by atoms with E-state index in [9.17, 15) is 4.79 Å². The molecule has 2 N–H and O–H groups in total. The fourth-order valence-corrected chi connectivity index (χ4v) is 4.34. The molecule has 5 heteroatoms. The Morgan fingerprint density at radius 2 is 1.92 bits per heavy atom. The van der Waals surface area contributed by atoms with Gasteiger partial charge in [0.2, 0.25) is 5.91 Å². The van der Waals surface area contributed by atoms with Crippen LogP contribution in [0.15, 0.2) is 36.4 Å². The lowest BCUT2D eigenvalue weighted by Crippen LogP contribution is -2.42. The van der Waals surface area contributed by atoms with E-state index in [1.165, 1.54) is 25.7 Å². The summed E-state index contributed by atoms with van der Waals surface area (Å²) in [6, 6.07) is 12.9. The number of carbonyl (C=O) groups excluding carboxylic acids is 1. The van der Waals surface area contributed by atoms with Crippen LogP contribution in [0.3, 0.4) is 0 Å². The molecule has 4 nitrogen and oxygen atoms in total. The van der Waals surface area contributed by atoms with Crippen molar-refractivity contribution in [2.24, 2.45) is 5.92 Å². The lowest BCUT2D eigenvalue weighted by atomic mass is 9.85. The van der Waals surface area contributed by atoms with E-state index in [-0.39, 0.29) is 24.4 Å². The first-order chi connectivity index (χ1) is 12.2. The Balaban J connectivity index is 0.00000196. The van der Waals surface area contributed by atoms with Crippen molar-refractivity contribution in [3.63, 3.8) is 0 Å². The van der Waals surface area contributed by atoms with Crippen molar-refractivity contribution in [2.75, 3.05) is 7.11 Å². The number of hydrogen-bond donors (Lipinski definition) is 2.